The van der Waals surface area contributed by atoms with Crippen molar-refractivity contribution in [3.05, 3.63) is 0 Å². The van der Waals surface area contributed by atoms with Crippen LogP contribution in [-0.4, -0.2) is 36.8 Å². The van der Waals surface area contributed by atoms with Gasteiger partial charge in [-0.15, -0.1) is 12.4 Å². The van der Waals surface area contributed by atoms with E-state index in [1.807, 2.05) is 0 Å². The van der Waals surface area contributed by atoms with E-state index in [-0.39, 0.29) is 35.8 Å². The number of hydrogen-bond acceptors (Lipinski definition) is 3. The van der Waals surface area contributed by atoms with E-state index in [9.17, 15) is 9.90 Å². The summed E-state index contributed by atoms with van der Waals surface area (Å²) in [6.07, 6.45) is 4.82. The molecule has 0 aromatic carbocycles. The Kier molecular flexibility index (Phi) is 5.89. The lowest BCUT2D eigenvalue weighted by molar-refractivity contribution is -0.125. The number of nitrogens with one attached hydrogen (secondary N) is 2. The molecule has 3 N–H and O–H groups in total. The Hall–Kier alpha value is -0.320. The van der Waals surface area contributed by atoms with E-state index in [0.29, 0.717) is 6.54 Å². The highest BCUT2D eigenvalue weighted by molar-refractivity contribution is 5.85. The number of amides is 1. The second kappa shape index (κ2) is 6.73. The summed E-state index contributed by atoms with van der Waals surface area (Å²) in [5.41, 5.74) is -0.125. The molecule has 0 bridgehead atoms. The minimum absolute atomic E-state index is 0. The lowest BCUT2D eigenvalue weighted by Crippen LogP contribution is -2.46. The van der Waals surface area contributed by atoms with Crippen LogP contribution >= 0.6 is 12.4 Å². The number of carbonyl (C=O) groups excluding carboxylic acids is 1. The van der Waals surface area contributed by atoms with Crippen molar-refractivity contribution >= 4 is 18.3 Å². The zero-order valence-corrected chi connectivity index (χ0v) is 11.9. The first-order chi connectivity index (χ1) is 8.12. The molecule has 2 fully saturated rings. The Morgan fingerprint density at radius 2 is 2.22 bits per heavy atom. The molecule has 0 spiro atoms. The van der Waals surface area contributed by atoms with Gasteiger partial charge in [-0.2, -0.15) is 0 Å². The van der Waals surface area contributed by atoms with Crippen molar-refractivity contribution in [2.75, 3.05) is 19.6 Å². The van der Waals surface area contributed by atoms with E-state index in [1.165, 1.54) is 0 Å². The van der Waals surface area contributed by atoms with Gasteiger partial charge in [0.15, 0.2) is 0 Å². The van der Waals surface area contributed by atoms with Crippen molar-refractivity contribution in [2.45, 2.75) is 45.1 Å². The predicted octanol–water partition coefficient (Wildman–Crippen LogP) is 1.08. The summed E-state index contributed by atoms with van der Waals surface area (Å²) in [4.78, 5) is 11.9. The maximum atomic E-state index is 11.9. The van der Waals surface area contributed by atoms with Crippen molar-refractivity contribution in [1.82, 2.24) is 10.6 Å². The van der Waals surface area contributed by atoms with Crippen LogP contribution in [-0.2, 0) is 4.79 Å². The molecule has 1 amide bonds. The zero-order chi connectivity index (χ0) is 12.3. The highest BCUT2D eigenvalue weighted by Crippen LogP contribution is 2.35. The molecule has 1 heterocycles. The third kappa shape index (κ3) is 3.59. The smallest absolute Gasteiger partial charge is 0.224 e. The molecule has 1 aliphatic heterocycles. The first-order valence-corrected chi connectivity index (χ1v) is 6.78. The summed E-state index contributed by atoms with van der Waals surface area (Å²) in [6.45, 7) is 4.44. The minimum Gasteiger partial charge on any atom is -0.392 e. The summed E-state index contributed by atoms with van der Waals surface area (Å²) in [6, 6.07) is 0. The van der Waals surface area contributed by atoms with Crippen LogP contribution in [0.15, 0.2) is 0 Å². The third-order valence-electron chi connectivity index (χ3n) is 4.38. The molecule has 2 rings (SSSR count). The lowest BCUT2D eigenvalue weighted by atomic mass is 9.73. The molecule has 0 aromatic rings. The van der Waals surface area contributed by atoms with Gasteiger partial charge in [-0.1, -0.05) is 19.8 Å². The van der Waals surface area contributed by atoms with E-state index in [1.54, 1.807) is 0 Å². The average Bonchev–Trinajstić information content (AvgIpc) is 2.84. The summed E-state index contributed by atoms with van der Waals surface area (Å²) < 4.78 is 0. The monoisotopic (exact) mass is 276 g/mol. The van der Waals surface area contributed by atoms with Crippen LogP contribution in [0.2, 0.25) is 0 Å². The first-order valence-electron chi connectivity index (χ1n) is 6.78. The first kappa shape index (κ1) is 15.7. The lowest BCUT2D eigenvalue weighted by Gasteiger charge is -2.38. The molecule has 4 nitrogen and oxygen atoms in total. The number of rotatable bonds is 3. The number of hydrogen-bond donors (Lipinski definition) is 3. The molecule has 3 atom stereocenters. The van der Waals surface area contributed by atoms with Gasteiger partial charge in [0, 0.05) is 18.5 Å². The Morgan fingerprint density at radius 1 is 1.44 bits per heavy atom. The SMILES string of the molecule is CC1(CNC(=O)C2CCNC2)CCCCC1O.Cl. The molecule has 106 valence electrons. The van der Waals surface area contributed by atoms with Gasteiger partial charge in [0.25, 0.3) is 0 Å². The second-order valence-corrected chi connectivity index (χ2v) is 5.82. The highest BCUT2D eigenvalue weighted by Gasteiger charge is 2.36. The zero-order valence-electron chi connectivity index (χ0n) is 11.1. The van der Waals surface area contributed by atoms with Crippen LogP contribution in [0.3, 0.4) is 0 Å². The molecular weight excluding hydrogens is 252 g/mol. The number of carbonyl (C=O) groups is 1. The van der Waals surface area contributed by atoms with Gasteiger partial charge in [-0.05, 0) is 25.8 Å². The van der Waals surface area contributed by atoms with Gasteiger partial charge in [-0.3, -0.25) is 4.79 Å². The topological polar surface area (TPSA) is 61.4 Å². The number of aliphatic hydroxyl groups is 1. The second-order valence-electron chi connectivity index (χ2n) is 5.82. The number of halogens is 1. The molecular formula is C13H25ClN2O2. The molecule has 5 heteroatoms. The molecule has 2 aliphatic rings. The van der Waals surface area contributed by atoms with Gasteiger partial charge in [0.2, 0.25) is 5.91 Å². The standard InChI is InChI=1S/C13H24N2O2.ClH/c1-13(6-3-2-4-11(13)16)9-15-12(17)10-5-7-14-8-10;/h10-11,14,16H,2-9H2,1H3,(H,15,17);1H. The Labute approximate surface area is 115 Å². The van der Waals surface area contributed by atoms with Crippen molar-refractivity contribution in [3.63, 3.8) is 0 Å². The van der Waals surface area contributed by atoms with E-state index >= 15 is 0 Å². The normalized spacial score (nSPS) is 35.9. The third-order valence-corrected chi connectivity index (χ3v) is 4.38. The van der Waals surface area contributed by atoms with Crippen LogP contribution in [0, 0.1) is 11.3 Å². The Bertz CT molecular complexity index is 282. The molecule has 1 saturated heterocycles. The largest absolute Gasteiger partial charge is 0.392 e. The fraction of sp³-hybridized carbons (Fsp3) is 0.923. The molecule has 1 aliphatic carbocycles. The molecule has 1 saturated carbocycles. The molecule has 18 heavy (non-hydrogen) atoms. The fourth-order valence-electron chi connectivity index (χ4n) is 2.90. The van der Waals surface area contributed by atoms with Crippen LogP contribution in [0.5, 0.6) is 0 Å². The summed E-state index contributed by atoms with van der Waals surface area (Å²) in [7, 11) is 0. The van der Waals surface area contributed by atoms with Crippen molar-refractivity contribution in [3.8, 4) is 0 Å². The van der Waals surface area contributed by atoms with Crippen molar-refractivity contribution in [1.29, 1.82) is 0 Å². The van der Waals surface area contributed by atoms with Gasteiger partial charge in [0.05, 0.1) is 12.0 Å². The van der Waals surface area contributed by atoms with Crippen molar-refractivity contribution < 1.29 is 9.90 Å². The quantitative estimate of drug-likeness (QED) is 0.723. The molecule has 3 unspecified atom stereocenters. The summed E-state index contributed by atoms with van der Waals surface area (Å²) >= 11 is 0. The predicted molar refractivity (Wildman–Crippen MR) is 73.8 cm³/mol. The van der Waals surface area contributed by atoms with E-state index < -0.39 is 0 Å². The maximum Gasteiger partial charge on any atom is 0.224 e. The van der Waals surface area contributed by atoms with E-state index in [0.717, 1.165) is 45.2 Å². The Balaban J connectivity index is 0.00000162. The summed E-state index contributed by atoms with van der Waals surface area (Å²) in [5, 5.41) is 16.3. The average molecular weight is 277 g/mol. The number of aliphatic hydroxyl groups excluding tert-OH is 1. The molecule has 0 radical (unpaired) electrons. The molecule has 0 aromatic heterocycles. The highest BCUT2D eigenvalue weighted by atomic mass is 35.5. The van der Waals surface area contributed by atoms with Crippen LogP contribution in [0.1, 0.15) is 39.0 Å². The van der Waals surface area contributed by atoms with Gasteiger partial charge < -0.3 is 15.7 Å². The Morgan fingerprint density at radius 3 is 2.83 bits per heavy atom. The minimum atomic E-state index is -0.266. The van der Waals surface area contributed by atoms with E-state index in [4.69, 9.17) is 0 Å². The van der Waals surface area contributed by atoms with Gasteiger partial charge in [-0.25, -0.2) is 0 Å². The maximum absolute atomic E-state index is 11.9. The summed E-state index contributed by atoms with van der Waals surface area (Å²) in [5.74, 6) is 0.272. The van der Waals surface area contributed by atoms with Gasteiger partial charge in [0.1, 0.15) is 0 Å². The van der Waals surface area contributed by atoms with Crippen LogP contribution < -0.4 is 10.6 Å². The van der Waals surface area contributed by atoms with E-state index in [2.05, 4.69) is 17.6 Å². The van der Waals surface area contributed by atoms with Crippen LogP contribution in [0.4, 0.5) is 0 Å². The van der Waals surface area contributed by atoms with Crippen LogP contribution in [0.25, 0.3) is 0 Å². The van der Waals surface area contributed by atoms with Gasteiger partial charge >= 0.3 is 0 Å². The fourth-order valence-corrected chi connectivity index (χ4v) is 2.90. The van der Waals surface area contributed by atoms with Crippen molar-refractivity contribution in [2.24, 2.45) is 11.3 Å².